The quantitative estimate of drug-likeness (QED) is 0.840. The van der Waals surface area contributed by atoms with E-state index in [2.05, 4.69) is 44.3 Å². The van der Waals surface area contributed by atoms with Gasteiger partial charge in [-0.2, -0.15) is 0 Å². The second-order valence-corrected chi connectivity index (χ2v) is 4.68. The Labute approximate surface area is 98.0 Å². The molecule has 0 aliphatic heterocycles. The molecule has 2 rings (SSSR count). The van der Waals surface area contributed by atoms with Crippen molar-refractivity contribution < 1.29 is 4.74 Å². The number of rotatable bonds is 4. The molecule has 1 aromatic carbocycles. The van der Waals surface area contributed by atoms with Crippen LogP contribution in [0.3, 0.4) is 0 Å². The van der Waals surface area contributed by atoms with E-state index in [1.165, 1.54) is 24.0 Å². The van der Waals surface area contributed by atoms with Gasteiger partial charge in [0, 0.05) is 6.04 Å². The van der Waals surface area contributed by atoms with Crippen LogP contribution in [0, 0.1) is 0 Å². The monoisotopic (exact) mass is 219 g/mol. The highest BCUT2D eigenvalue weighted by Gasteiger charge is 2.21. The molecule has 0 aromatic heterocycles. The summed E-state index contributed by atoms with van der Waals surface area (Å²) in [4.78, 5) is 0. The van der Waals surface area contributed by atoms with Crippen molar-refractivity contribution >= 4 is 0 Å². The van der Waals surface area contributed by atoms with Crippen LogP contribution >= 0.6 is 0 Å². The Balaban J connectivity index is 2.19. The molecule has 16 heavy (non-hydrogen) atoms. The molecule has 1 aliphatic rings. The van der Waals surface area contributed by atoms with Gasteiger partial charge in [0.05, 0.1) is 6.10 Å². The van der Waals surface area contributed by atoms with Crippen LogP contribution in [0.2, 0.25) is 0 Å². The van der Waals surface area contributed by atoms with Gasteiger partial charge < -0.3 is 10.1 Å². The molecule has 1 aromatic rings. The van der Waals surface area contributed by atoms with Gasteiger partial charge in [-0.15, -0.1) is 0 Å². The van der Waals surface area contributed by atoms with E-state index in [0.29, 0.717) is 6.04 Å². The molecule has 0 fully saturated rings. The van der Waals surface area contributed by atoms with E-state index < -0.39 is 0 Å². The first-order valence-corrected chi connectivity index (χ1v) is 6.23. The predicted octanol–water partition coefficient (Wildman–Crippen LogP) is 3.07. The third kappa shape index (κ3) is 2.38. The van der Waals surface area contributed by atoms with Crippen LogP contribution < -0.4 is 10.1 Å². The molecule has 0 radical (unpaired) electrons. The van der Waals surface area contributed by atoms with Gasteiger partial charge in [-0.05, 0) is 56.5 Å². The largest absolute Gasteiger partial charge is 0.491 e. The van der Waals surface area contributed by atoms with Crippen LogP contribution in [0.15, 0.2) is 18.2 Å². The average Bonchev–Trinajstić information content (AvgIpc) is 2.61. The van der Waals surface area contributed by atoms with Crippen LogP contribution in [0.5, 0.6) is 5.75 Å². The topological polar surface area (TPSA) is 21.3 Å². The highest BCUT2D eigenvalue weighted by Crippen LogP contribution is 2.33. The predicted molar refractivity (Wildman–Crippen MR) is 66.9 cm³/mol. The molecule has 2 nitrogen and oxygen atoms in total. The van der Waals surface area contributed by atoms with E-state index in [0.717, 1.165) is 12.3 Å². The SMILES string of the molecule is CCNC1CCc2ccc(OC(C)C)cc21. The van der Waals surface area contributed by atoms with Gasteiger partial charge in [0.25, 0.3) is 0 Å². The van der Waals surface area contributed by atoms with Crippen molar-refractivity contribution in [1.82, 2.24) is 5.32 Å². The molecular formula is C14H21NO. The minimum absolute atomic E-state index is 0.247. The summed E-state index contributed by atoms with van der Waals surface area (Å²) in [5, 5.41) is 3.53. The van der Waals surface area contributed by atoms with Gasteiger partial charge >= 0.3 is 0 Å². The number of ether oxygens (including phenoxy) is 1. The van der Waals surface area contributed by atoms with Gasteiger partial charge in [0.1, 0.15) is 5.75 Å². The highest BCUT2D eigenvalue weighted by molar-refractivity contribution is 5.40. The Morgan fingerprint density at radius 3 is 2.94 bits per heavy atom. The van der Waals surface area contributed by atoms with Crippen molar-refractivity contribution in [2.75, 3.05) is 6.54 Å². The Hall–Kier alpha value is -1.02. The van der Waals surface area contributed by atoms with Crippen molar-refractivity contribution in [1.29, 1.82) is 0 Å². The van der Waals surface area contributed by atoms with Crippen LogP contribution in [0.1, 0.15) is 44.4 Å². The first-order chi connectivity index (χ1) is 7.70. The zero-order valence-corrected chi connectivity index (χ0v) is 10.4. The van der Waals surface area contributed by atoms with Crippen molar-refractivity contribution in [3.8, 4) is 5.75 Å². The fraction of sp³-hybridized carbons (Fsp3) is 0.571. The zero-order valence-electron chi connectivity index (χ0n) is 10.4. The molecule has 1 atom stereocenters. The second kappa shape index (κ2) is 4.88. The Bertz CT molecular complexity index is 358. The van der Waals surface area contributed by atoms with E-state index in [-0.39, 0.29) is 6.10 Å². The first-order valence-electron chi connectivity index (χ1n) is 6.23. The summed E-state index contributed by atoms with van der Waals surface area (Å²) in [7, 11) is 0. The molecule has 1 aliphatic carbocycles. The van der Waals surface area contributed by atoms with E-state index >= 15 is 0 Å². The Morgan fingerprint density at radius 2 is 2.25 bits per heavy atom. The minimum Gasteiger partial charge on any atom is -0.491 e. The summed E-state index contributed by atoms with van der Waals surface area (Å²) in [6.07, 6.45) is 2.65. The maximum atomic E-state index is 5.74. The van der Waals surface area contributed by atoms with E-state index in [1.54, 1.807) is 0 Å². The Morgan fingerprint density at radius 1 is 1.44 bits per heavy atom. The number of aryl methyl sites for hydroxylation is 1. The third-order valence-electron chi connectivity index (χ3n) is 3.02. The number of benzene rings is 1. The molecule has 2 heteroatoms. The second-order valence-electron chi connectivity index (χ2n) is 4.68. The van der Waals surface area contributed by atoms with E-state index in [9.17, 15) is 0 Å². The van der Waals surface area contributed by atoms with Gasteiger partial charge in [0.15, 0.2) is 0 Å². The van der Waals surface area contributed by atoms with Crippen LogP contribution in [-0.4, -0.2) is 12.6 Å². The normalized spacial score (nSPS) is 18.9. The molecule has 88 valence electrons. The minimum atomic E-state index is 0.247. The Kier molecular flexibility index (Phi) is 3.49. The molecule has 0 heterocycles. The zero-order chi connectivity index (χ0) is 11.5. The van der Waals surface area contributed by atoms with E-state index in [4.69, 9.17) is 4.74 Å². The molecule has 0 spiro atoms. The summed E-state index contributed by atoms with van der Waals surface area (Å²) < 4.78 is 5.74. The molecule has 0 amide bonds. The lowest BCUT2D eigenvalue weighted by molar-refractivity contribution is 0.242. The van der Waals surface area contributed by atoms with Gasteiger partial charge in [0.2, 0.25) is 0 Å². The highest BCUT2D eigenvalue weighted by atomic mass is 16.5. The lowest BCUT2D eigenvalue weighted by atomic mass is 10.1. The molecule has 0 bridgehead atoms. The smallest absolute Gasteiger partial charge is 0.120 e. The van der Waals surface area contributed by atoms with Crippen LogP contribution in [0.25, 0.3) is 0 Å². The number of nitrogens with one attached hydrogen (secondary N) is 1. The summed E-state index contributed by atoms with van der Waals surface area (Å²) >= 11 is 0. The molecular weight excluding hydrogens is 198 g/mol. The standard InChI is InChI=1S/C14H21NO/c1-4-15-14-8-6-11-5-7-12(9-13(11)14)16-10(2)3/h5,7,9-10,14-15H,4,6,8H2,1-3H3. The summed E-state index contributed by atoms with van der Waals surface area (Å²) in [6, 6.07) is 7.03. The summed E-state index contributed by atoms with van der Waals surface area (Å²) in [5.41, 5.74) is 2.90. The molecule has 0 saturated heterocycles. The van der Waals surface area contributed by atoms with Crippen LogP contribution in [0.4, 0.5) is 0 Å². The molecule has 1 unspecified atom stereocenters. The fourth-order valence-corrected chi connectivity index (χ4v) is 2.38. The molecule has 1 N–H and O–H groups in total. The van der Waals surface area contributed by atoms with Gasteiger partial charge in [-0.25, -0.2) is 0 Å². The fourth-order valence-electron chi connectivity index (χ4n) is 2.38. The first kappa shape index (κ1) is 11.5. The van der Waals surface area contributed by atoms with Gasteiger partial charge in [-0.1, -0.05) is 13.0 Å². The maximum Gasteiger partial charge on any atom is 0.120 e. The van der Waals surface area contributed by atoms with Crippen molar-refractivity contribution in [3.05, 3.63) is 29.3 Å². The van der Waals surface area contributed by atoms with E-state index in [1.807, 2.05) is 0 Å². The average molecular weight is 219 g/mol. The van der Waals surface area contributed by atoms with Crippen molar-refractivity contribution in [2.45, 2.75) is 45.8 Å². The third-order valence-corrected chi connectivity index (χ3v) is 3.02. The van der Waals surface area contributed by atoms with Crippen molar-refractivity contribution in [2.24, 2.45) is 0 Å². The van der Waals surface area contributed by atoms with Crippen molar-refractivity contribution in [3.63, 3.8) is 0 Å². The van der Waals surface area contributed by atoms with Crippen LogP contribution in [-0.2, 0) is 6.42 Å². The number of fused-ring (bicyclic) bond motifs is 1. The number of hydrogen-bond acceptors (Lipinski definition) is 2. The van der Waals surface area contributed by atoms with Gasteiger partial charge in [-0.3, -0.25) is 0 Å². The summed E-state index contributed by atoms with van der Waals surface area (Å²) in [5.74, 6) is 0.999. The lowest BCUT2D eigenvalue weighted by Gasteiger charge is -2.15. The maximum absolute atomic E-state index is 5.74. The molecule has 0 saturated carbocycles. The number of hydrogen-bond donors (Lipinski definition) is 1. The lowest BCUT2D eigenvalue weighted by Crippen LogP contribution is -2.18. The summed E-state index contributed by atoms with van der Waals surface area (Å²) in [6.45, 7) is 7.32.